The number of carbonyl (C=O) groups excluding carboxylic acids is 1. The number of phenols is 2. The minimum Gasteiger partial charge on any atom is -0.504 e. The lowest BCUT2D eigenvalue weighted by Gasteiger charge is -2.41. The highest BCUT2D eigenvalue weighted by Gasteiger charge is 2.47. The predicted molar refractivity (Wildman–Crippen MR) is 176 cm³/mol. The monoisotopic (exact) mass is 698 g/mol. The lowest BCUT2D eigenvalue weighted by Crippen LogP contribution is -2.59. The van der Waals surface area contributed by atoms with Crippen LogP contribution in [0.4, 0.5) is 0 Å². The second-order valence-electron chi connectivity index (χ2n) is 12.0. The topological polar surface area (TPSA) is 203 Å². The van der Waals surface area contributed by atoms with E-state index in [1.165, 1.54) is 52.7 Å². The summed E-state index contributed by atoms with van der Waals surface area (Å²) in [5, 5.41) is 63.2. The quantitative estimate of drug-likeness (QED) is 0.119. The molecule has 2 saturated heterocycles. The van der Waals surface area contributed by atoms with Crippen molar-refractivity contribution in [2.24, 2.45) is 11.8 Å². The molecule has 50 heavy (non-hydrogen) atoms. The van der Waals surface area contributed by atoms with E-state index in [0.29, 0.717) is 24.3 Å². The molecule has 270 valence electrons. The van der Waals surface area contributed by atoms with Gasteiger partial charge >= 0.3 is 5.97 Å². The van der Waals surface area contributed by atoms with Crippen LogP contribution in [0.1, 0.15) is 22.8 Å². The number of esters is 1. The smallest absolute Gasteiger partial charge is 0.330 e. The number of hydrogen-bond donors (Lipinski definition) is 6. The Morgan fingerprint density at radius 1 is 0.820 bits per heavy atom. The normalized spacial score (nSPS) is 26.7. The largest absolute Gasteiger partial charge is 0.504 e. The van der Waals surface area contributed by atoms with Crippen molar-refractivity contribution in [2.75, 3.05) is 41.7 Å². The van der Waals surface area contributed by atoms with Crippen molar-refractivity contribution < 1.29 is 68.6 Å². The first kappa shape index (κ1) is 36.7. The average molecular weight is 699 g/mol. The number of carbonyl (C=O) groups is 1. The molecule has 3 aromatic carbocycles. The van der Waals surface area contributed by atoms with Crippen LogP contribution >= 0.6 is 0 Å². The number of rotatable bonds is 12. The summed E-state index contributed by atoms with van der Waals surface area (Å²) >= 11 is 0. The molecule has 0 saturated carbocycles. The van der Waals surface area contributed by atoms with Crippen molar-refractivity contribution in [1.82, 2.24) is 0 Å². The molecule has 2 aliphatic heterocycles. The van der Waals surface area contributed by atoms with E-state index >= 15 is 0 Å². The van der Waals surface area contributed by atoms with Gasteiger partial charge in [-0.25, -0.2) is 4.79 Å². The molecule has 0 bridgehead atoms. The highest BCUT2D eigenvalue weighted by Crippen LogP contribution is 2.43. The van der Waals surface area contributed by atoms with E-state index < -0.39 is 42.8 Å². The first-order valence-electron chi connectivity index (χ1n) is 15.8. The molecule has 8 atom stereocenters. The third-order valence-electron chi connectivity index (χ3n) is 9.06. The lowest BCUT2D eigenvalue weighted by molar-refractivity contribution is -0.259. The van der Waals surface area contributed by atoms with Crippen molar-refractivity contribution in [2.45, 2.75) is 43.2 Å². The van der Waals surface area contributed by atoms with Gasteiger partial charge in [0.25, 0.3) is 0 Å². The van der Waals surface area contributed by atoms with Gasteiger partial charge < -0.3 is 63.8 Å². The van der Waals surface area contributed by atoms with Crippen LogP contribution in [-0.2, 0) is 25.4 Å². The predicted octanol–water partition coefficient (Wildman–Crippen LogP) is 2.11. The number of ether oxygens (including phenoxy) is 7. The summed E-state index contributed by atoms with van der Waals surface area (Å²) in [4.78, 5) is 12.4. The van der Waals surface area contributed by atoms with Crippen LogP contribution in [-0.4, -0.2) is 109 Å². The Hall–Kier alpha value is -4.57. The molecule has 2 heterocycles. The van der Waals surface area contributed by atoms with Crippen molar-refractivity contribution in [3.63, 3.8) is 0 Å². The van der Waals surface area contributed by atoms with Crippen molar-refractivity contribution in [3.05, 3.63) is 77.4 Å². The Bertz CT molecular complexity index is 1670. The maximum absolute atomic E-state index is 12.4. The molecule has 14 nitrogen and oxygen atoms in total. The highest BCUT2D eigenvalue weighted by atomic mass is 16.7. The average Bonchev–Trinajstić information content (AvgIpc) is 3.53. The Kier molecular flexibility index (Phi) is 11.7. The summed E-state index contributed by atoms with van der Waals surface area (Å²) < 4.78 is 38.9. The zero-order chi connectivity index (χ0) is 36.1. The van der Waals surface area contributed by atoms with Crippen LogP contribution in [0, 0.1) is 11.8 Å². The van der Waals surface area contributed by atoms with E-state index in [-0.39, 0.29) is 52.8 Å². The fourth-order valence-corrected chi connectivity index (χ4v) is 6.33. The second kappa shape index (κ2) is 16.0. The summed E-state index contributed by atoms with van der Waals surface area (Å²) in [5.74, 6) is -0.450. The third-order valence-corrected chi connectivity index (χ3v) is 9.06. The molecule has 14 heteroatoms. The third kappa shape index (κ3) is 7.60. The van der Waals surface area contributed by atoms with E-state index in [0.717, 1.165) is 17.2 Å². The zero-order valence-electron chi connectivity index (χ0n) is 28.0. The van der Waals surface area contributed by atoms with Gasteiger partial charge in [0.15, 0.2) is 34.5 Å². The molecule has 6 N–H and O–H groups in total. The number of hydrogen-bond acceptors (Lipinski definition) is 14. The van der Waals surface area contributed by atoms with Gasteiger partial charge in [0.1, 0.15) is 24.4 Å². The van der Waals surface area contributed by atoms with E-state index in [4.69, 9.17) is 33.2 Å². The first-order chi connectivity index (χ1) is 24.0. The molecule has 3 aromatic rings. The number of aliphatic hydroxyl groups is 4. The molecule has 6 unspecified atom stereocenters. The van der Waals surface area contributed by atoms with Gasteiger partial charge in [-0.3, -0.25) is 0 Å². The Labute approximate surface area is 288 Å². The van der Waals surface area contributed by atoms with Gasteiger partial charge in [-0.05, 0) is 71.0 Å². The Morgan fingerprint density at radius 2 is 1.50 bits per heavy atom. The van der Waals surface area contributed by atoms with Crippen LogP contribution in [0.2, 0.25) is 0 Å². The fraction of sp³-hybridized carbons (Fsp3) is 0.417. The molecular formula is C36H42O14. The van der Waals surface area contributed by atoms with Gasteiger partial charge in [-0.2, -0.15) is 0 Å². The standard InChI is InChI=1S/C36H42O14/c1-44-27-13-19(6-8-24(27)38)22(15-30(40)47-4)35-32(42)31(41)33(43)36(50-35)49-26-10-5-18(12-29(26)46-3)11-21-17-48-34(23(21)16-37)20-7-9-25(39)28(14-20)45-2/h5-10,12-15,21,23,31-39,41-43H,11,16-17H2,1-4H3/b22-15+/t21?,23-,31?,32?,33?,34+,35?,36?/m0/s1. The van der Waals surface area contributed by atoms with Crippen LogP contribution in [0.3, 0.4) is 0 Å². The number of phenolic OH excluding ortho intramolecular Hbond substituents is 2. The zero-order valence-corrected chi connectivity index (χ0v) is 28.0. The number of aliphatic hydroxyl groups excluding tert-OH is 4. The van der Waals surface area contributed by atoms with Gasteiger partial charge in [0, 0.05) is 18.6 Å². The van der Waals surface area contributed by atoms with Gasteiger partial charge in [0.2, 0.25) is 6.29 Å². The van der Waals surface area contributed by atoms with E-state index in [9.17, 15) is 35.4 Å². The summed E-state index contributed by atoms with van der Waals surface area (Å²) in [6, 6.07) is 14.3. The molecule has 0 aromatic heterocycles. The van der Waals surface area contributed by atoms with Crippen molar-refractivity contribution in [1.29, 1.82) is 0 Å². The second-order valence-corrected chi connectivity index (χ2v) is 12.0. The molecule has 0 amide bonds. The Balaban J connectivity index is 1.36. The van der Waals surface area contributed by atoms with Gasteiger partial charge in [-0.1, -0.05) is 18.2 Å². The Morgan fingerprint density at radius 3 is 2.16 bits per heavy atom. The van der Waals surface area contributed by atoms with Crippen LogP contribution in [0.25, 0.3) is 5.57 Å². The molecule has 0 spiro atoms. The maximum atomic E-state index is 12.4. The fourth-order valence-electron chi connectivity index (χ4n) is 6.33. The number of benzene rings is 3. The number of methoxy groups -OCH3 is 4. The lowest BCUT2D eigenvalue weighted by atomic mass is 9.84. The number of aromatic hydroxyl groups is 2. The van der Waals surface area contributed by atoms with E-state index in [1.807, 2.05) is 0 Å². The molecular weight excluding hydrogens is 656 g/mol. The van der Waals surface area contributed by atoms with E-state index in [2.05, 4.69) is 0 Å². The van der Waals surface area contributed by atoms with Crippen molar-refractivity contribution in [3.8, 4) is 34.5 Å². The van der Waals surface area contributed by atoms with Crippen LogP contribution in [0.15, 0.2) is 60.7 Å². The first-order valence-corrected chi connectivity index (χ1v) is 15.8. The van der Waals surface area contributed by atoms with Gasteiger partial charge in [0.05, 0.1) is 41.2 Å². The summed E-state index contributed by atoms with van der Waals surface area (Å²) in [6.45, 7) is 0.240. The minimum atomic E-state index is -1.76. The van der Waals surface area contributed by atoms with Crippen LogP contribution in [0.5, 0.6) is 34.5 Å². The van der Waals surface area contributed by atoms with E-state index in [1.54, 1.807) is 30.3 Å². The van der Waals surface area contributed by atoms with Crippen LogP contribution < -0.4 is 18.9 Å². The van der Waals surface area contributed by atoms with Crippen molar-refractivity contribution >= 4 is 11.5 Å². The SMILES string of the molecule is COC(=O)/C=C(\c1ccc(O)c(OC)c1)C1OC(Oc2ccc(CC3CO[C@H](c4ccc(O)c(OC)c4)[C@H]3CO)cc2OC)C(O)C(O)C1O. The highest BCUT2D eigenvalue weighted by molar-refractivity contribution is 5.92. The van der Waals surface area contributed by atoms with Gasteiger partial charge in [-0.15, -0.1) is 0 Å². The summed E-state index contributed by atoms with van der Waals surface area (Å²) in [5.41, 5.74) is 1.97. The molecule has 2 aliphatic rings. The molecule has 0 radical (unpaired) electrons. The maximum Gasteiger partial charge on any atom is 0.330 e. The molecule has 5 rings (SSSR count). The molecule has 0 aliphatic carbocycles. The summed E-state index contributed by atoms with van der Waals surface area (Å²) in [7, 11) is 5.41. The minimum absolute atomic E-state index is 0.00390. The molecule has 2 fully saturated rings. The summed E-state index contributed by atoms with van der Waals surface area (Å²) in [6.07, 6.45) is -6.96.